The van der Waals surface area contributed by atoms with E-state index in [0.717, 1.165) is 77.7 Å². The van der Waals surface area contributed by atoms with Gasteiger partial charge in [-0.15, -0.1) is 0 Å². The fourth-order valence-electron chi connectivity index (χ4n) is 10.3. The van der Waals surface area contributed by atoms with Crippen LogP contribution in [0.4, 0.5) is 0 Å². The second-order valence-corrected chi connectivity index (χ2v) is 33.0. The molecule has 0 saturated heterocycles. The fourth-order valence-corrected chi connectivity index (χ4v) is 22.6. The van der Waals surface area contributed by atoms with E-state index in [1.807, 2.05) is 81.5 Å². The summed E-state index contributed by atoms with van der Waals surface area (Å²) in [6, 6.07) is 99.0. The third kappa shape index (κ3) is 13.4. The monoisotopic (exact) mass is 1130 g/mol. The molecule has 402 valence electrons. The molecule has 0 aliphatic heterocycles. The van der Waals surface area contributed by atoms with Gasteiger partial charge in [0.25, 0.3) is 0 Å². The number of hydrogen-bond acceptors (Lipinski definition) is 4. The summed E-state index contributed by atoms with van der Waals surface area (Å²) in [6.07, 6.45) is 10.3. The Bertz CT molecular complexity index is 3420. The van der Waals surface area contributed by atoms with Crippen LogP contribution < -0.4 is 31.8 Å². The molecular formula is C73H65Cl2N3OP2. The summed E-state index contributed by atoms with van der Waals surface area (Å²) in [6.45, 7) is 5.86. The van der Waals surface area contributed by atoms with Crippen molar-refractivity contribution >= 4 is 96.8 Å². The maximum atomic E-state index is 10.1. The molecule has 0 aliphatic rings. The number of benzene rings is 8. The topological polar surface area (TPSA) is 55.7 Å². The first-order chi connectivity index (χ1) is 39.4. The van der Waals surface area contributed by atoms with Gasteiger partial charge in [-0.1, -0.05) is 54.6 Å². The second kappa shape index (κ2) is 26.4. The van der Waals surface area contributed by atoms with Crippen molar-refractivity contribution in [3.8, 4) is 0 Å². The number of carbonyl (C=O) groups is 1. The molecule has 0 bridgehead atoms. The summed E-state index contributed by atoms with van der Waals surface area (Å²) in [4.78, 5) is 23.0. The maximum absolute atomic E-state index is 10.1. The molecule has 0 N–H and O–H groups in total. The molecular weight excluding hydrogens is 1070 g/mol. The molecule has 8 aromatic carbocycles. The van der Waals surface area contributed by atoms with E-state index < -0.39 is 11.9 Å². The normalized spacial score (nSPS) is 12.4. The van der Waals surface area contributed by atoms with Gasteiger partial charge in [-0.05, 0) is 80.4 Å². The van der Waals surface area contributed by atoms with Crippen LogP contribution in [0.3, 0.4) is 0 Å². The number of carbonyl (C=O) groups excluding carboxylic acids is 1. The zero-order chi connectivity index (χ0) is 56.4. The van der Waals surface area contributed by atoms with E-state index in [0.29, 0.717) is 18.0 Å². The van der Waals surface area contributed by atoms with Gasteiger partial charge in [-0.3, -0.25) is 19.7 Å². The zero-order valence-electron chi connectivity index (χ0n) is 45.8. The average molecular weight is 1130 g/mol. The number of rotatable bonds is 15. The molecule has 0 spiro atoms. The molecule has 81 heavy (non-hydrogen) atoms. The van der Waals surface area contributed by atoms with Crippen LogP contribution in [0.25, 0.3) is 24.3 Å². The third-order valence-corrected chi connectivity index (χ3v) is 28.8. The first-order valence-corrected chi connectivity index (χ1v) is 33.7. The Morgan fingerprint density at radius 3 is 0.778 bits per heavy atom. The molecule has 3 heterocycles. The number of aromatic nitrogens is 3. The van der Waals surface area contributed by atoms with E-state index >= 15 is 0 Å². The van der Waals surface area contributed by atoms with E-state index in [1.54, 1.807) is 6.07 Å². The molecule has 0 radical (unpaired) electrons. The van der Waals surface area contributed by atoms with E-state index in [2.05, 4.69) is 258 Å². The van der Waals surface area contributed by atoms with Crippen molar-refractivity contribution in [2.45, 2.75) is 33.1 Å². The van der Waals surface area contributed by atoms with Crippen LogP contribution in [0.1, 0.15) is 61.2 Å². The van der Waals surface area contributed by atoms with Crippen molar-refractivity contribution in [2.24, 2.45) is 0 Å². The van der Waals surface area contributed by atoms with Crippen LogP contribution in [0, 0.1) is 20.8 Å². The van der Waals surface area contributed by atoms with Crippen molar-refractivity contribution in [3.63, 3.8) is 0 Å². The van der Waals surface area contributed by atoms with Crippen LogP contribution in [0.5, 0.6) is 0 Å². The minimum absolute atomic E-state index is 0.495. The predicted molar refractivity (Wildman–Crippen MR) is 352 cm³/mol. The Kier molecular flexibility index (Phi) is 18.7. The molecule has 0 fully saturated rings. The number of aryl methyl sites for hydroxylation is 3. The molecule has 11 rings (SSSR count). The van der Waals surface area contributed by atoms with Gasteiger partial charge in [0.1, 0.15) is 5.69 Å². The number of halogens is 2. The van der Waals surface area contributed by atoms with Gasteiger partial charge in [0, 0.05) is 17.1 Å². The van der Waals surface area contributed by atoms with Gasteiger partial charge < -0.3 is 0 Å². The zero-order valence-corrected chi connectivity index (χ0v) is 49.1. The number of hydrogen-bond donors (Lipinski definition) is 0. The van der Waals surface area contributed by atoms with E-state index in [9.17, 15) is 4.79 Å². The Morgan fingerprint density at radius 1 is 0.296 bits per heavy atom. The number of aldehydes is 1. The number of nitrogens with zero attached hydrogens (tertiary/aromatic N) is 3. The standard InChI is InChI=1S/C44H38Cl2P2.C22H20N2.C7H7NO/c45-47(39-19-7-1-8-20-39,40-21-9-2-10-22-40,41-23-11-3-12-24-41)35-37-31-33-38(34-32-37)36-48(46,42-25-13-4-14-26-42,43-27-15-5-16-28-43)44-29-17-6-18-30-44;1-17-5-3-7-21(23-17)15-13-19-9-11-20(12-10-19)14-16-22-8-4-6-18(2)24-22;1-6-3-2-4-7(5-9)8-6/h1-34H,35-36H2;3-16H,1-2H3;2-5H,1H3/b;15-13+,16-14+;. The summed E-state index contributed by atoms with van der Waals surface area (Å²) >= 11 is 16.9. The molecule has 11 aromatic rings. The van der Waals surface area contributed by atoms with E-state index in [4.69, 9.17) is 22.5 Å². The third-order valence-electron chi connectivity index (χ3n) is 14.4. The molecule has 0 amide bonds. The second-order valence-electron chi connectivity index (χ2n) is 20.1. The molecule has 0 atom stereocenters. The van der Waals surface area contributed by atoms with E-state index in [1.165, 1.54) is 11.1 Å². The van der Waals surface area contributed by atoms with E-state index in [-0.39, 0.29) is 0 Å². The van der Waals surface area contributed by atoms with Crippen molar-refractivity contribution in [1.82, 2.24) is 15.0 Å². The molecule has 0 aliphatic carbocycles. The summed E-state index contributed by atoms with van der Waals surface area (Å²) in [5.41, 5.74) is 10.1. The van der Waals surface area contributed by atoms with Gasteiger partial charge in [-0.25, -0.2) is 0 Å². The van der Waals surface area contributed by atoms with Crippen LogP contribution >= 0.6 is 34.4 Å². The van der Waals surface area contributed by atoms with Crippen molar-refractivity contribution in [1.29, 1.82) is 0 Å². The quantitative estimate of drug-likeness (QED) is 0.0758. The van der Waals surface area contributed by atoms with Gasteiger partial charge in [0.05, 0.1) is 11.4 Å². The van der Waals surface area contributed by atoms with Gasteiger partial charge >= 0.3 is 296 Å². The molecule has 3 aromatic heterocycles. The molecule has 4 nitrogen and oxygen atoms in total. The van der Waals surface area contributed by atoms with Crippen molar-refractivity contribution < 1.29 is 4.79 Å². The summed E-state index contributed by atoms with van der Waals surface area (Å²) in [5, 5.41) is 6.97. The van der Waals surface area contributed by atoms with Crippen LogP contribution in [-0.2, 0) is 12.3 Å². The Balaban J connectivity index is 0.000000197. The molecule has 8 heteroatoms. The first-order valence-electron chi connectivity index (χ1n) is 27.0. The predicted octanol–water partition coefficient (Wildman–Crippen LogP) is 16.7. The average Bonchev–Trinajstić information content (AvgIpc) is 3.55. The van der Waals surface area contributed by atoms with Crippen LogP contribution in [-0.4, -0.2) is 21.2 Å². The van der Waals surface area contributed by atoms with Gasteiger partial charge in [0.2, 0.25) is 0 Å². The summed E-state index contributed by atoms with van der Waals surface area (Å²) < 4.78 is 0. The molecule has 0 unspecified atom stereocenters. The SMILES string of the molecule is Cc1cccc(/C=C/c2ccc(/C=C/c3cccc(C)n3)cc2)n1.Cc1cccc(C=O)n1.ClP(Cc1ccc(CP(Cl)(c2ccccc2)(c2ccccc2)c2ccccc2)cc1)(c1ccccc1)(c1ccccc1)c1ccccc1. The minimum atomic E-state index is -3.47. The Morgan fingerprint density at radius 2 is 0.543 bits per heavy atom. The number of pyridine rings is 3. The molecule has 0 saturated carbocycles. The summed E-state index contributed by atoms with van der Waals surface area (Å²) in [5.74, 6) is -6.94. The fraction of sp³-hybridized carbons (Fsp3) is 0.0685. The van der Waals surface area contributed by atoms with Crippen molar-refractivity contribution in [2.75, 3.05) is 0 Å². The van der Waals surface area contributed by atoms with Gasteiger partial charge in [0.15, 0.2) is 6.29 Å². The first kappa shape index (κ1) is 57.5. The van der Waals surface area contributed by atoms with Crippen LogP contribution in [0.15, 0.2) is 285 Å². The summed E-state index contributed by atoms with van der Waals surface area (Å²) in [7, 11) is 0. The van der Waals surface area contributed by atoms with Gasteiger partial charge in [-0.2, -0.15) is 0 Å². The van der Waals surface area contributed by atoms with Crippen molar-refractivity contribution in [3.05, 3.63) is 342 Å². The van der Waals surface area contributed by atoms with Crippen LogP contribution in [0.2, 0.25) is 0 Å². The Labute approximate surface area is 488 Å². The Hall–Kier alpha value is -8.20.